The summed E-state index contributed by atoms with van der Waals surface area (Å²) in [5.41, 5.74) is 9.39. The lowest BCUT2D eigenvalue weighted by molar-refractivity contribution is 0.0947. The first-order valence-corrected chi connectivity index (χ1v) is 10.8. The van der Waals surface area contributed by atoms with Crippen LogP contribution in [0.15, 0.2) is 48.8 Å². The number of hydrogen-bond acceptors (Lipinski definition) is 7. The van der Waals surface area contributed by atoms with E-state index < -0.39 is 11.7 Å². The number of rotatable bonds is 6. The fraction of sp³-hybridized carbons (Fsp3) is 0.250. The highest BCUT2D eigenvalue weighted by atomic mass is 19.1. The Labute approximate surface area is 194 Å². The number of nitrogens with zero attached hydrogens (tertiary/aromatic N) is 4. The van der Waals surface area contributed by atoms with Crippen LogP contribution in [0.3, 0.4) is 0 Å². The number of methoxy groups -OCH3 is 1. The molecule has 1 saturated heterocycles. The summed E-state index contributed by atoms with van der Waals surface area (Å²) in [6.45, 7) is 1.55. The molecule has 0 aliphatic carbocycles. The number of nitrogen functional groups attached to an aromatic ring is 1. The predicted octanol–water partition coefficient (Wildman–Crippen LogP) is 2.96. The first-order valence-electron chi connectivity index (χ1n) is 10.8. The van der Waals surface area contributed by atoms with Gasteiger partial charge in [0.25, 0.3) is 5.91 Å². The molecule has 1 fully saturated rings. The molecular weight excluding hydrogens is 439 g/mol. The van der Waals surface area contributed by atoms with Crippen LogP contribution >= 0.6 is 0 Å². The van der Waals surface area contributed by atoms with Crippen molar-refractivity contribution >= 4 is 17.2 Å². The van der Waals surface area contributed by atoms with Gasteiger partial charge in [-0.2, -0.15) is 5.10 Å². The van der Waals surface area contributed by atoms with Gasteiger partial charge >= 0.3 is 0 Å². The molecule has 1 aliphatic heterocycles. The number of carbonyl (C=O) groups is 1. The number of nitrogens with two attached hydrogens (primary N) is 1. The highest BCUT2D eigenvalue weighted by molar-refractivity contribution is 5.96. The molecule has 0 spiro atoms. The van der Waals surface area contributed by atoms with E-state index in [0.29, 0.717) is 36.0 Å². The van der Waals surface area contributed by atoms with Crippen LogP contribution in [0.1, 0.15) is 34.1 Å². The van der Waals surface area contributed by atoms with Crippen LogP contribution in [0.5, 0.6) is 5.75 Å². The minimum Gasteiger partial charge on any atom is -0.496 e. The van der Waals surface area contributed by atoms with Crippen LogP contribution in [-0.4, -0.2) is 45.8 Å². The molecule has 5 rings (SSSR count). The van der Waals surface area contributed by atoms with Gasteiger partial charge < -0.3 is 20.5 Å². The molecule has 174 valence electrons. The van der Waals surface area contributed by atoms with Crippen molar-refractivity contribution in [2.75, 3.05) is 26.1 Å². The minimum absolute atomic E-state index is 0.141. The fourth-order valence-electron chi connectivity index (χ4n) is 4.10. The van der Waals surface area contributed by atoms with Crippen molar-refractivity contribution in [3.63, 3.8) is 0 Å². The molecule has 4 aromatic rings. The smallest absolute Gasteiger partial charge is 0.255 e. The zero-order valence-corrected chi connectivity index (χ0v) is 18.5. The number of aromatic nitrogens is 4. The molecule has 3 heterocycles. The summed E-state index contributed by atoms with van der Waals surface area (Å²) in [6, 6.07) is 11.4. The van der Waals surface area contributed by atoms with Crippen LogP contribution in [0.25, 0.3) is 16.8 Å². The van der Waals surface area contributed by atoms with E-state index in [2.05, 4.69) is 15.4 Å². The Hall–Kier alpha value is -4.05. The second-order valence-electron chi connectivity index (χ2n) is 8.01. The van der Waals surface area contributed by atoms with Gasteiger partial charge in [-0.3, -0.25) is 4.79 Å². The van der Waals surface area contributed by atoms with Crippen LogP contribution in [0.2, 0.25) is 0 Å². The first kappa shape index (κ1) is 21.8. The number of imidazole rings is 1. The zero-order chi connectivity index (χ0) is 23.7. The number of fused-ring (bicyclic) bond motifs is 1. The standard InChI is InChI=1S/C24H23FN6O3/c1-33-19-7-6-17(25)10-18(19)24(32)27-11-14-2-4-15(5-3-14)20-21-22(26)28-13-29-31(21)23(30-20)16-8-9-34-12-16/h2-7,10,13,16H,8-9,11-12H2,1H3,(H,27,32)(H2,26,28,29). The maximum Gasteiger partial charge on any atom is 0.255 e. The topological polar surface area (TPSA) is 117 Å². The Balaban J connectivity index is 1.38. The highest BCUT2D eigenvalue weighted by Crippen LogP contribution is 2.32. The van der Waals surface area contributed by atoms with Crippen molar-refractivity contribution in [1.82, 2.24) is 24.9 Å². The summed E-state index contributed by atoms with van der Waals surface area (Å²) in [4.78, 5) is 21.5. The number of nitrogens with one attached hydrogen (secondary N) is 1. The molecule has 3 N–H and O–H groups in total. The minimum atomic E-state index is -0.505. The summed E-state index contributed by atoms with van der Waals surface area (Å²) in [6.07, 6.45) is 2.30. The van der Waals surface area contributed by atoms with E-state index in [4.69, 9.17) is 20.2 Å². The maximum absolute atomic E-state index is 13.6. The number of halogens is 1. The lowest BCUT2D eigenvalue weighted by atomic mass is 10.1. The van der Waals surface area contributed by atoms with E-state index in [-0.39, 0.29) is 18.0 Å². The van der Waals surface area contributed by atoms with Gasteiger partial charge in [0.05, 0.1) is 19.3 Å². The van der Waals surface area contributed by atoms with Crippen molar-refractivity contribution < 1.29 is 18.7 Å². The SMILES string of the molecule is COc1ccc(F)cc1C(=O)NCc1ccc(-c2nc(C3CCOC3)n3ncnc(N)c23)cc1. The Morgan fingerprint density at radius 1 is 1.29 bits per heavy atom. The second kappa shape index (κ2) is 9.06. The molecule has 2 aromatic carbocycles. The molecule has 1 unspecified atom stereocenters. The molecule has 10 heteroatoms. The van der Waals surface area contributed by atoms with Crippen LogP contribution in [0, 0.1) is 5.82 Å². The van der Waals surface area contributed by atoms with E-state index >= 15 is 0 Å². The van der Waals surface area contributed by atoms with E-state index in [0.717, 1.165) is 29.4 Å². The monoisotopic (exact) mass is 462 g/mol. The van der Waals surface area contributed by atoms with Gasteiger partial charge in [0.15, 0.2) is 5.82 Å². The van der Waals surface area contributed by atoms with Gasteiger partial charge in [-0.1, -0.05) is 24.3 Å². The summed E-state index contributed by atoms with van der Waals surface area (Å²) < 4.78 is 26.0. The van der Waals surface area contributed by atoms with Gasteiger partial charge in [0.1, 0.15) is 34.9 Å². The molecule has 34 heavy (non-hydrogen) atoms. The number of ether oxygens (including phenoxy) is 2. The summed E-state index contributed by atoms with van der Waals surface area (Å²) in [5.74, 6) is 0.678. The molecule has 1 aliphatic rings. The normalized spacial score (nSPS) is 15.5. The van der Waals surface area contributed by atoms with Crippen molar-refractivity contribution in [2.45, 2.75) is 18.9 Å². The molecule has 0 saturated carbocycles. The van der Waals surface area contributed by atoms with Gasteiger partial charge in [-0.25, -0.2) is 18.9 Å². The molecule has 0 bridgehead atoms. The second-order valence-corrected chi connectivity index (χ2v) is 8.01. The van der Waals surface area contributed by atoms with Crippen molar-refractivity contribution in [1.29, 1.82) is 0 Å². The quantitative estimate of drug-likeness (QED) is 0.452. The molecule has 0 radical (unpaired) electrons. The van der Waals surface area contributed by atoms with E-state index in [9.17, 15) is 9.18 Å². The summed E-state index contributed by atoms with van der Waals surface area (Å²) in [5, 5.41) is 7.17. The zero-order valence-electron chi connectivity index (χ0n) is 18.5. The lowest BCUT2D eigenvalue weighted by Gasteiger charge is -2.10. The third kappa shape index (κ3) is 4.03. The number of benzene rings is 2. The Morgan fingerprint density at radius 3 is 2.85 bits per heavy atom. The van der Waals surface area contributed by atoms with E-state index in [1.165, 1.54) is 25.6 Å². The first-order chi connectivity index (χ1) is 16.5. The van der Waals surface area contributed by atoms with Gasteiger partial charge in [-0.05, 0) is 30.2 Å². The Bertz CT molecular complexity index is 1350. The molecule has 2 aromatic heterocycles. The average Bonchev–Trinajstić information content (AvgIpc) is 3.52. The predicted molar refractivity (Wildman–Crippen MR) is 123 cm³/mol. The number of carbonyl (C=O) groups excluding carboxylic acids is 1. The fourth-order valence-corrected chi connectivity index (χ4v) is 4.10. The number of anilines is 1. The van der Waals surface area contributed by atoms with Crippen molar-refractivity contribution in [3.8, 4) is 17.0 Å². The highest BCUT2D eigenvalue weighted by Gasteiger charge is 2.26. The van der Waals surface area contributed by atoms with Crippen LogP contribution in [0.4, 0.5) is 10.2 Å². The largest absolute Gasteiger partial charge is 0.496 e. The lowest BCUT2D eigenvalue weighted by Crippen LogP contribution is -2.23. The summed E-state index contributed by atoms with van der Waals surface area (Å²) in [7, 11) is 1.44. The van der Waals surface area contributed by atoms with Crippen LogP contribution < -0.4 is 15.8 Å². The van der Waals surface area contributed by atoms with Gasteiger partial charge in [-0.15, -0.1) is 0 Å². The van der Waals surface area contributed by atoms with E-state index in [1.54, 1.807) is 4.52 Å². The third-order valence-corrected chi connectivity index (χ3v) is 5.87. The molecular formula is C24H23FN6O3. The van der Waals surface area contributed by atoms with E-state index in [1.807, 2.05) is 24.3 Å². The average molecular weight is 462 g/mol. The number of hydrogen-bond donors (Lipinski definition) is 2. The summed E-state index contributed by atoms with van der Waals surface area (Å²) >= 11 is 0. The Kier molecular flexibility index (Phi) is 5.81. The van der Waals surface area contributed by atoms with Crippen molar-refractivity contribution in [3.05, 3.63) is 71.6 Å². The third-order valence-electron chi connectivity index (χ3n) is 5.87. The number of amides is 1. The molecule has 1 atom stereocenters. The van der Waals surface area contributed by atoms with Crippen LogP contribution in [-0.2, 0) is 11.3 Å². The molecule has 1 amide bonds. The maximum atomic E-state index is 13.6. The van der Waals surface area contributed by atoms with Gasteiger partial charge in [0.2, 0.25) is 0 Å². The van der Waals surface area contributed by atoms with Crippen molar-refractivity contribution in [2.24, 2.45) is 0 Å². The Morgan fingerprint density at radius 2 is 2.12 bits per heavy atom. The van der Waals surface area contributed by atoms with Gasteiger partial charge in [0, 0.05) is 24.6 Å². The molecule has 9 nitrogen and oxygen atoms in total.